The molecule has 4 aromatic heterocycles. The minimum absolute atomic E-state index is 0. The van der Waals surface area contributed by atoms with Crippen molar-refractivity contribution in [2.75, 3.05) is 4.90 Å². The molecule has 5 aromatic rings. The van der Waals surface area contributed by atoms with E-state index in [0.717, 1.165) is 38.6 Å². The standard InChI is InChI=1S/C23H15N4S2.Pt/c1-2-7-17(8-3-1)27(21-12-4-9-18(25-21)20-11-6-15-28-20)22-13-5-10-19(26-22)23-24-14-16-29-23;/h1-10,12-16H;/q-1;. The van der Waals surface area contributed by atoms with Gasteiger partial charge in [0.2, 0.25) is 0 Å². The summed E-state index contributed by atoms with van der Waals surface area (Å²) in [5.41, 5.74) is 2.74. The van der Waals surface area contributed by atoms with Crippen molar-refractivity contribution in [2.45, 2.75) is 0 Å². The van der Waals surface area contributed by atoms with E-state index < -0.39 is 0 Å². The van der Waals surface area contributed by atoms with Gasteiger partial charge < -0.3 is 0 Å². The van der Waals surface area contributed by atoms with Gasteiger partial charge in [-0.1, -0.05) is 41.3 Å². The van der Waals surface area contributed by atoms with E-state index in [1.165, 1.54) is 0 Å². The number of hydrogen-bond donors (Lipinski definition) is 0. The molecule has 0 saturated heterocycles. The fraction of sp³-hybridized carbons (Fsp3) is 0. The molecule has 4 heterocycles. The Morgan fingerprint density at radius 1 is 0.733 bits per heavy atom. The molecule has 0 atom stereocenters. The van der Waals surface area contributed by atoms with Crippen molar-refractivity contribution in [3.8, 4) is 21.3 Å². The van der Waals surface area contributed by atoms with Crippen LogP contribution in [0.15, 0.2) is 89.8 Å². The van der Waals surface area contributed by atoms with Gasteiger partial charge in [-0.3, -0.25) is 9.88 Å². The van der Waals surface area contributed by atoms with Crippen LogP contribution in [0.1, 0.15) is 0 Å². The van der Waals surface area contributed by atoms with E-state index in [0.29, 0.717) is 0 Å². The third kappa shape index (κ3) is 4.26. The van der Waals surface area contributed by atoms with Crippen molar-refractivity contribution in [3.63, 3.8) is 0 Å². The summed E-state index contributed by atoms with van der Waals surface area (Å²) in [7, 11) is 0. The molecule has 0 fully saturated rings. The number of thiazole rings is 1. The molecule has 30 heavy (non-hydrogen) atoms. The summed E-state index contributed by atoms with van der Waals surface area (Å²) >= 11 is 3.21. The summed E-state index contributed by atoms with van der Waals surface area (Å²) in [4.78, 5) is 17.3. The number of nitrogens with zero attached hydrogens (tertiary/aromatic N) is 4. The monoisotopic (exact) mass is 606 g/mol. The van der Waals surface area contributed by atoms with Crippen LogP contribution in [0.4, 0.5) is 17.3 Å². The van der Waals surface area contributed by atoms with Crippen LogP contribution >= 0.6 is 22.7 Å². The summed E-state index contributed by atoms with van der Waals surface area (Å²) in [6.45, 7) is 0. The number of thiophene rings is 1. The average Bonchev–Trinajstić information content (AvgIpc) is 3.50. The van der Waals surface area contributed by atoms with Gasteiger partial charge in [0.1, 0.15) is 22.3 Å². The Balaban J connectivity index is 0.00000218. The summed E-state index contributed by atoms with van der Waals surface area (Å²) < 4.78 is 0. The molecule has 1 aromatic carbocycles. The van der Waals surface area contributed by atoms with Gasteiger partial charge in [-0.2, -0.15) is 12.1 Å². The molecule has 7 heteroatoms. The number of anilines is 3. The van der Waals surface area contributed by atoms with E-state index in [-0.39, 0.29) is 21.1 Å². The van der Waals surface area contributed by atoms with E-state index >= 15 is 0 Å². The molecule has 0 aliphatic rings. The smallest absolute Gasteiger partial charge is 0.141 e. The molecule has 0 saturated carbocycles. The molecule has 5 rings (SSSR count). The van der Waals surface area contributed by atoms with Gasteiger partial charge in [0, 0.05) is 38.3 Å². The molecule has 0 aliphatic carbocycles. The minimum Gasteiger partial charge on any atom is -0.295 e. The zero-order valence-electron chi connectivity index (χ0n) is 15.6. The Labute approximate surface area is 197 Å². The quantitative estimate of drug-likeness (QED) is 0.212. The summed E-state index contributed by atoms with van der Waals surface area (Å²) in [6.07, 6.45) is 1.80. The Morgan fingerprint density at radius 3 is 2.13 bits per heavy atom. The van der Waals surface area contributed by atoms with Gasteiger partial charge >= 0.3 is 0 Å². The van der Waals surface area contributed by atoms with Crippen molar-refractivity contribution in [1.82, 2.24) is 15.0 Å². The van der Waals surface area contributed by atoms with Crippen molar-refractivity contribution < 1.29 is 21.1 Å². The van der Waals surface area contributed by atoms with Crippen LogP contribution in [0, 0.1) is 6.07 Å². The molecule has 0 spiro atoms. The number of pyridine rings is 2. The van der Waals surface area contributed by atoms with Gasteiger partial charge in [0.25, 0.3) is 0 Å². The molecule has 0 N–H and O–H groups in total. The first-order valence-electron chi connectivity index (χ1n) is 9.03. The third-order valence-electron chi connectivity index (χ3n) is 4.29. The average molecular weight is 607 g/mol. The maximum atomic E-state index is 4.91. The fourth-order valence-electron chi connectivity index (χ4n) is 3.03. The molecular weight excluding hydrogens is 591 g/mol. The van der Waals surface area contributed by atoms with Crippen molar-refractivity contribution in [1.29, 1.82) is 0 Å². The topological polar surface area (TPSA) is 41.9 Å². The number of para-hydroxylation sites is 1. The van der Waals surface area contributed by atoms with E-state index in [4.69, 9.17) is 9.97 Å². The van der Waals surface area contributed by atoms with Crippen LogP contribution in [-0.2, 0) is 21.1 Å². The second-order valence-electron chi connectivity index (χ2n) is 6.16. The van der Waals surface area contributed by atoms with Crippen molar-refractivity contribution in [3.05, 3.63) is 95.8 Å². The Morgan fingerprint density at radius 2 is 1.47 bits per heavy atom. The first kappa shape index (κ1) is 20.6. The van der Waals surface area contributed by atoms with E-state index in [9.17, 15) is 0 Å². The molecule has 0 bridgehead atoms. The second-order valence-corrected chi connectivity index (χ2v) is 7.98. The normalized spacial score (nSPS) is 10.4. The van der Waals surface area contributed by atoms with Gasteiger partial charge in [0.05, 0.1) is 0 Å². The van der Waals surface area contributed by atoms with Gasteiger partial charge in [-0.15, -0.1) is 16.7 Å². The first-order chi connectivity index (χ1) is 14.4. The SMILES string of the molecule is [Pt].[c-]1ccsc1-c1cccc(N(c2ccccc2)c2cccc(-c3nccs3)n2)n1. The van der Waals surface area contributed by atoms with Gasteiger partial charge in [0.15, 0.2) is 0 Å². The molecule has 4 nitrogen and oxygen atoms in total. The van der Waals surface area contributed by atoms with Crippen molar-refractivity contribution >= 4 is 40.0 Å². The predicted octanol–water partition coefficient (Wildman–Crippen LogP) is 6.60. The Bertz CT molecular complexity index is 1130. The maximum Gasteiger partial charge on any atom is 0.141 e. The van der Waals surface area contributed by atoms with Crippen LogP contribution < -0.4 is 4.90 Å². The van der Waals surface area contributed by atoms with Gasteiger partial charge in [-0.05, 0) is 36.0 Å². The fourth-order valence-corrected chi connectivity index (χ4v) is 4.28. The number of benzene rings is 1. The summed E-state index contributed by atoms with van der Waals surface area (Å²) in [5, 5.41) is 4.87. The first-order valence-corrected chi connectivity index (χ1v) is 10.8. The Kier molecular flexibility index (Phi) is 6.48. The second kappa shape index (κ2) is 9.43. The molecule has 150 valence electrons. The van der Waals surface area contributed by atoms with E-state index in [1.807, 2.05) is 71.4 Å². The summed E-state index contributed by atoms with van der Waals surface area (Å²) in [6, 6.07) is 27.3. The molecule has 0 unspecified atom stereocenters. The molecule has 0 amide bonds. The Hall–Kier alpha value is -2.66. The number of aromatic nitrogens is 3. The van der Waals surface area contributed by atoms with Gasteiger partial charge in [-0.25, -0.2) is 21.3 Å². The largest absolute Gasteiger partial charge is 0.295 e. The zero-order valence-corrected chi connectivity index (χ0v) is 19.5. The van der Waals surface area contributed by atoms with Crippen LogP contribution in [-0.4, -0.2) is 15.0 Å². The predicted molar refractivity (Wildman–Crippen MR) is 120 cm³/mol. The molecular formula is C23H15N4PtS2-. The number of hydrogen-bond acceptors (Lipinski definition) is 6. The molecule has 0 radical (unpaired) electrons. The van der Waals surface area contributed by atoms with Crippen LogP contribution in [0.2, 0.25) is 0 Å². The van der Waals surface area contributed by atoms with Crippen LogP contribution in [0.25, 0.3) is 21.3 Å². The minimum atomic E-state index is 0. The van der Waals surface area contributed by atoms with Crippen molar-refractivity contribution in [2.24, 2.45) is 0 Å². The number of rotatable bonds is 5. The summed E-state index contributed by atoms with van der Waals surface area (Å²) in [5.74, 6) is 1.60. The van der Waals surface area contributed by atoms with Crippen LogP contribution in [0.5, 0.6) is 0 Å². The van der Waals surface area contributed by atoms with Crippen LogP contribution in [0.3, 0.4) is 0 Å². The maximum absolute atomic E-state index is 4.91. The zero-order chi connectivity index (χ0) is 19.5. The molecule has 0 aliphatic heterocycles. The van der Waals surface area contributed by atoms with E-state index in [1.54, 1.807) is 28.9 Å². The van der Waals surface area contributed by atoms with E-state index in [2.05, 4.69) is 28.1 Å². The third-order valence-corrected chi connectivity index (χ3v) is 5.92.